The number of carbonyl (C=O) groups excluding carboxylic acids is 1. The van der Waals surface area contributed by atoms with Crippen LogP contribution in [0.4, 0.5) is 0 Å². The Balaban J connectivity index is 1.80. The standard InChI is InChI=1S/C16H19BrN2O2/c1-11(13-5-7-14(17)8-6-13)19-16(20)10-18-12(2)15-4-3-9-21-15/h3-9,11-12,18H,10H2,1-2H3,(H,19,20)/p+1/t11-,12+/m1/s1. The molecule has 1 aromatic heterocycles. The van der Waals surface area contributed by atoms with Crippen LogP contribution in [0, 0.1) is 0 Å². The first-order valence-corrected chi connectivity index (χ1v) is 7.77. The highest BCUT2D eigenvalue weighted by atomic mass is 79.9. The minimum Gasteiger partial charge on any atom is -0.463 e. The Labute approximate surface area is 133 Å². The van der Waals surface area contributed by atoms with Gasteiger partial charge < -0.3 is 15.1 Å². The van der Waals surface area contributed by atoms with E-state index in [1.165, 1.54) is 0 Å². The molecule has 2 atom stereocenters. The molecule has 1 heterocycles. The molecule has 0 spiro atoms. The number of nitrogens with one attached hydrogen (secondary N) is 1. The first-order chi connectivity index (χ1) is 10.1. The van der Waals surface area contributed by atoms with E-state index in [2.05, 4.69) is 21.2 Å². The second-order valence-corrected chi connectivity index (χ2v) is 6.00. The third-order valence-corrected chi connectivity index (χ3v) is 3.92. The van der Waals surface area contributed by atoms with Gasteiger partial charge in [-0.3, -0.25) is 4.79 Å². The summed E-state index contributed by atoms with van der Waals surface area (Å²) in [7, 11) is 0. The van der Waals surface area contributed by atoms with Gasteiger partial charge in [0.15, 0.2) is 12.3 Å². The van der Waals surface area contributed by atoms with Crippen LogP contribution in [0.15, 0.2) is 51.6 Å². The van der Waals surface area contributed by atoms with E-state index in [1.54, 1.807) is 6.26 Å². The van der Waals surface area contributed by atoms with E-state index in [9.17, 15) is 4.79 Å². The van der Waals surface area contributed by atoms with Gasteiger partial charge in [0.05, 0.1) is 12.3 Å². The second kappa shape index (κ2) is 7.43. The number of rotatable bonds is 6. The highest BCUT2D eigenvalue weighted by molar-refractivity contribution is 9.10. The Hall–Kier alpha value is -1.59. The molecule has 1 amide bonds. The summed E-state index contributed by atoms with van der Waals surface area (Å²) in [6.45, 7) is 4.38. The molecule has 0 saturated carbocycles. The summed E-state index contributed by atoms with van der Waals surface area (Å²) in [4.78, 5) is 12.0. The van der Waals surface area contributed by atoms with Gasteiger partial charge in [-0.15, -0.1) is 0 Å². The molecule has 4 nitrogen and oxygen atoms in total. The summed E-state index contributed by atoms with van der Waals surface area (Å²) < 4.78 is 6.35. The summed E-state index contributed by atoms with van der Waals surface area (Å²) in [6.07, 6.45) is 1.65. The molecule has 0 radical (unpaired) electrons. The molecule has 0 aliphatic carbocycles. The number of amides is 1. The molecular formula is C16H20BrN2O2+. The minimum atomic E-state index is -0.00193. The van der Waals surface area contributed by atoms with Crippen molar-refractivity contribution in [2.45, 2.75) is 25.9 Å². The number of furan rings is 1. The summed E-state index contributed by atoms with van der Waals surface area (Å²) in [5, 5.41) is 4.96. The maximum atomic E-state index is 12.0. The average Bonchev–Trinajstić information content (AvgIpc) is 2.99. The fourth-order valence-corrected chi connectivity index (χ4v) is 2.35. The molecule has 0 unspecified atom stereocenters. The lowest BCUT2D eigenvalue weighted by atomic mass is 10.1. The molecule has 112 valence electrons. The Morgan fingerprint density at radius 2 is 2.00 bits per heavy atom. The lowest BCUT2D eigenvalue weighted by Gasteiger charge is -2.15. The number of halogens is 1. The minimum absolute atomic E-state index is 0.00193. The summed E-state index contributed by atoms with van der Waals surface area (Å²) in [5.41, 5.74) is 1.09. The lowest BCUT2D eigenvalue weighted by molar-refractivity contribution is -0.684. The zero-order valence-electron chi connectivity index (χ0n) is 12.2. The number of carbonyl (C=O) groups is 1. The van der Waals surface area contributed by atoms with Gasteiger partial charge in [0.25, 0.3) is 5.91 Å². The number of benzene rings is 1. The van der Waals surface area contributed by atoms with E-state index in [0.29, 0.717) is 6.54 Å². The van der Waals surface area contributed by atoms with Gasteiger partial charge >= 0.3 is 0 Å². The van der Waals surface area contributed by atoms with Crippen LogP contribution in [0.1, 0.15) is 37.3 Å². The second-order valence-electron chi connectivity index (χ2n) is 5.08. The summed E-state index contributed by atoms with van der Waals surface area (Å²) >= 11 is 3.40. The van der Waals surface area contributed by atoms with Crippen molar-refractivity contribution >= 4 is 21.8 Å². The third-order valence-electron chi connectivity index (χ3n) is 3.40. The van der Waals surface area contributed by atoms with Crippen LogP contribution in [0.25, 0.3) is 0 Å². The van der Waals surface area contributed by atoms with Gasteiger partial charge in [-0.1, -0.05) is 28.1 Å². The fourth-order valence-electron chi connectivity index (χ4n) is 2.09. The number of nitrogens with two attached hydrogens (primary N) is 1. The maximum Gasteiger partial charge on any atom is 0.275 e. The van der Waals surface area contributed by atoms with Crippen LogP contribution in [-0.4, -0.2) is 12.5 Å². The molecule has 1 aromatic carbocycles. The average molecular weight is 352 g/mol. The van der Waals surface area contributed by atoms with Crippen molar-refractivity contribution in [1.29, 1.82) is 0 Å². The van der Waals surface area contributed by atoms with Gasteiger partial charge in [0.2, 0.25) is 0 Å². The zero-order chi connectivity index (χ0) is 15.2. The van der Waals surface area contributed by atoms with Crippen LogP contribution in [0.5, 0.6) is 0 Å². The number of hydrogen-bond acceptors (Lipinski definition) is 2. The molecule has 0 bridgehead atoms. The molecule has 2 aromatic rings. The van der Waals surface area contributed by atoms with E-state index < -0.39 is 0 Å². The number of quaternary nitrogens is 1. The van der Waals surface area contributed by atoms with Crippen LogP contribution in [-0.2, 0) is 4.79 Å². The van der Waals surface area contributed by atoms with Crippen molar-refractivity contribution in [1.82, 2.24) is 5.32 Å². The predicted molar refractivity (Wildman–Crippen MR) is 84.6 cm³/mol. The quantitative estimate of drug-likeness (QED) is 0.840. The van der Waals surface area contributed by atoms with E-state index in [-0.39, 0.29) is 18.0 Å². The molecule has 0 aliphatic heterocycles. The van der Waals surface area contributed by atoms with Crippen LogP contribution in [0.2, 0.25) is 0 Å². The van der Waals surface area contributed by atoms with E-state index >= 15 is 0 Å². The highest BCUT2D eigenvalue weighted by Gasteiger charge is 2.15. The van der Waals surface area contributed by atoms with Gasteiger partial charge in [0.1, 0.15) is 6.04 Å². The molecule has 21 heavy (non-hydrogen) atoms. The van der Waals surface area contributed by atoms with Crippen molar-refractivity contribution in [2.24, 2.45) is 0 Å². The van der Waals surface area contributed by atoms with E-state index in [1.807, 2.05) is 55.6 Å². The van der Waals surface area contributed by atoms with Crippen molar-refractivity contribution in [3.8, 4) is 0 Å². The summed E-state index contributed by atoms with van der Waals surface area (Å²) in [5.74, 6) is 0.896. The molecule has 2 rings (SSSR count). The Morgan fingerprint density at radius 3 is 2.62 bits per heavy atom. The topological polar surface area (TPSA) is 58.9 Å². The lowest BCUT2D eigenvalue weighted by Crippen LogP contribution is -2.87. The van der Waals surface area contributed by atoms with Crippen molar-refractivity contribution in [3.63, 3.8) is 0 Å². The third kappa shape index (κ3) is 4.72. The Bertz CT molecular complexity index is 566. The normalized spacial score (nSPS) is 13.7. The van der Waals surface area contributed by atoms with Gasteiger partial charge in [-0.2, -0.15) is 0 Å². The Kier molecular flexibility index (Phi) is 5.59. The Morgan fingerprint density at radius 1 is 1.29 bits per heavy atom. The van der Waals surface area contributed by atoms with Crippen LogP contribution in [0.3, 0.4) is 0 Å². The fraction of sp³-hybridized carbons (Fsp3) is 0.312. The molecule has 0 saturated heterocycles. The first-order valence-electron chi connectivity index (χ1n) is 6.98. The van der Waals surface area contributed by atoms with E-state index in [0.717, 1.165) is 15.8 Å². The molecular weight excluding hydrogens is 332 g/mol. The largest absolute Gasteiger partial charge is 0.463 e. The monoisotopic (exact) mass is 351 g/mol. The molecule has 0 fully saturated rings. The smallest absolute Gasteiger partial charge is 0.275 e. The highest BCUT2D eigenvalue weighted by Crippen LogP contribution is 2.16. The maximum absolute atomic E-state index is 12.0. The molecule has 3 N–H and O–H groups in total. The van der Waals surface area contributed by atoms with E-state index in [4.69, 9.17) is 4.42 Å². The van der Waals surface area contributed by atoms with Crippen molar-refractivity contribution in [3.05, 3.63) is 58.5 Å². The van der Waals surface area contributed by atoms with Crippen molar-refractivity contribution < 1.29 is 14.5 Å². The molecule has 5 heteroatoms. The van der Waals surface area contributed by atoms with Crippen LogP contribution < -0.4 is 10.6 Å². The first kappa shape index (κ1) is 15.8. The SMILES string of the molecule is C[C@H]([NH2+]CC(=O)N[C@H](C)c1ccc(Br)cc1)c1ccco1. The van der Waals surface area contributed by atoms with Crippen molar-refractivity contribution in [2.75, 3.05) is 6.54 Å². The van der Waals surface area contributed by atoms with Gasteiger partial charge in [-0.25, -0.2) is 0 Å². The predicted octanol–water partition coefficient (Wildman–Crippen LogP) is 2.54. The molecule has 0 aliphatic rings. The summed E-state index contributed by atoms with van der Waals surface area (Å²) in [6, 6.07) is 11.9. The zero-order valence-corrected chi connectivity index (χ0v) is 13.8. The van der Waals surface area contributed by atoms with Crippen LogP contribution >= 0.6 is 15.9 Å². The number of hydrogen-bond donors (Lipinski definition) is 2. The van der Waals surface area contributed by atoms with Gasteiger partial charge in [0, 0.05) is 4.47 Å². The van der Waals surface area contributed by atoms with Gasteiger partial charge in [-0.05, 0) is 43.7 Å².